The van der Waals surface area contributed by atoms with E-state index in [1.54, 1.807) is 0 Å². The van der Waals surface area contributed by atoms with Crippen molar-refractivity contribution in [1.82, 2.24) is 10.6 Å². The lowest BCUT2D eigenvalue weighted by Crippen LogP contribution is -2.34. The van der Waals surface area contributed by atoms with Gasteiger partial charge in [-0.2, -0.15) is 0 Å². The van der Waals surface area contributed by atoms with Gasteiger partial charge in [0.05, 0.1) is 25.4 Å². The van der Waals surface area contributed by atoms with Crippen molar-refractivity contribution >= 4 is 0 Å². The Kier molecular flexibility index (Phi) is 10.2. The van der Waals surface area contributed by atoms with Crippen LogP contribution in [0.1, 0.15) is 13.8 Å². The molecule has 0 bridgehead atoms. The molecule has 0 saturated heterocycles. The third kappa shape index (κ3) is 10.1. The highest BCUT2D eigenvalue weighted by Crippen LogP contribution is 1.88. The highest BCUT2D eigenvalue weighted by molar-refractivity contribution is 4.60. The SMILES string of the molecule is CCNC[C@@H](O)COC[C@H](O)CNCC. The van der Waals surface area contributed by atoms with Crippen molar-refractivity contribution in [2.75, 3.05) is 39.4 Å². The molecule has 92 valence electrons. The summed E-state index contributed by atoms with van der Waals surface area (Å²) in [6.07, 6.45) is -1.01. The Bertz CT molecular complexity index is 122. The molecule has 0 radical (unpaired) electrons. The quantitative estimate of drug-likeness (QED) is 0.378. The maximum Gasteiger partial charge on any atom is 0.0897 e. The average molecular weight is 220 g/mol. The molecule has 5 nitrogen and oxygen atoms in total. The topological polar surface area (TPSA) is 73.8 Å². The Morgan fingerprint density at radius 2 is 1.33 bits per heavy atom. The Morgan fingerprint density at radius 3 is 1.67 bits per heavy atom. The van der Waals surface area contributed by atoms with Crippen LogP contribution in [0.15, 0.2) is 0 Å². The first-order valence-corrected chi connectivity index (χ1v) is 5.56. The Labute approximate surface area is 91.8 Å². The standard InChI is InChI=1S/C10H24N2O3/c1-3-11-5-9(13)7-15-8-10(14)6-12-4-2/h9-14H,3-8H2,1-2H3/t9-,10-/m1/s1. The molecule has 4 N–H and O–H groups in total. The van der Waals surface area contributed by atoms with Gasteiger partial charge < -0.3 is 25.6 Å². The molecule has 0 rings (SSSR count). The van der Waals surface area contributed by atoms with Crippen molar-refractivity contribution in [3.05, 3.63) is 0 Å². The van der Waals surface area contributed by atoms with Gasteiger partial charge in [-0.25, -0.2) is 0 Å². The molecule has 0 heterocycles. The van der Waals surface area contributed by atoms with Gasteiger partial charge in [-0.3, -0.25) is 0 Å². The summed E-state index contributed by atoms with van der Waals surface area (Å²) in [5, 5.41) is 24.8. The van der Waals surface area contributed by atoms with Crippen molar-refractivity contribution in [2.45, 2.75) is 26.1 Å². The highest BCUT2D eigenvalue weighted by atomic mass is 16.5. The fourth-order valence-electron chi connectivity index (χ4n) is 1.08. The summed E-state index contributed by atoms with van der Waals surface area (Å²) in [6, 6.07) is 0. The number of aliphatic hydroxyl groups excluding tert-OH is 2. The van der Waals surface area contributed by atoms with Crippen LogP contribution in [0.4, 0.5) is 0 Å². The molecule has 0 saturated carbocycles. The second kappa shape index (κ2) is 10.3. The normalized spacial score (nSPS) is 15.2. The van der Waals surface area contributed by atoms with Gasteiger partial charge in [0.25, 0.3) is 0 Å². The van der Waals surface area contributed by atoms with Crippen LogP contribution in [-0.2, 0) is 4.74 Å². The molecular formula is C10H24N2O3. The van der Waals surface area contributed by atoms with Crippen LogP contribution >= 0.6 is 0 Å². The van der Waals surface area contributed by atoms with E-state index >= 15 is 0 Å². The average Bonchev–Trinajstić information content (AvgIpc) is 2.23. The highest BCUT2D eigenvalue weighted by Gasteiger charge is 2.06. The van der Waals surface area contributed by atoms with Gasteiger partial charge in [-0.05, 0) is 13.1 Å². The number of likely N-dealkylation sites (N-methyl/N-ethyl adjacent to an activating group) is 2. The first-order valence-electron chi connectivity index (χ1n) is 5.56. The third-order valence-electron chi connectivity index (χ3n) is 1.88. The minimum Gasteiger partial charge on any atom is -0.389 e. The van der Waals surface area contributed by atoms with E-state index in [4.69, 9.17) is 4.74 Å². The largest absolute Gasteiger partial charge is 0.389 e. The Balaban J connectivity index is 3.27. The van der Waals surface area contributed by atoms with E-state index in [0.29, 0.717) is 13.1 Å². The molecule has 0 aliphatic heterocycles. The van der Waals surface area contributed by atoms with Crippen LogP contribution in [0.5, 0.6) is 0 Å². The van der Waals surface area contributed by atoms with E-state index in [9.17, 15) is 10.2 Å². The van der Waals surface area contributed by atoms with Crippen LogP contribution in [0, 0.1) is 0 Å². The summed E-state index contributed by atoms with van der Waals surface area (Å²) in [4.78, 5) is 0. The number of aliphatic hydroxyl groups is 2. The summed E-state index contributed by atoms with van der Waals surface area (Å²) < 4.78 is 5.17. The van der Waals surface area contributed by atoms with Crippen LogP contribution in [0.3, 0.4) is 0 Å². The van der Waals surface area contributed by atoms with Gasteiger partial charge in [0.2, 0.25) is 0 Å². The maximum absolute atomic E-state index is 9.38. The zero-order valence-corrected chi connectivity index (χ0v) is 9.70. The van der Waals surface area contributed by atoms with Crippen molar-refractivity contribution in [2.24, 2.45) is 0 Å². The van der Waals surface area contributed by atoms with Crippen molar-refractivity contribution in [1.29, 1.82) is 0 Å². The lowest BCUT2D eigenvalue weighted by molar-refractivity contribution is -0.00603. The van der Waals surface area contributed by atoms with E-state index in [1.807, 2.05) is 13.8 Å². The van der Waals surface area contributed by atoms with Crippen LogP contribution in [0.2, 0.25) is 0 Å². The number of rotatable bonds is 10. The second-order valence-electron chi connectivity index (χ2n) is 3.46. The summed E-state index contributed by atoms with van der Waals surface area (Å²) in [7, 11) is 0. The Hall–Kier alpha value is -0.200. The van der Waals surface area contributed by atoms with Crippen molar-refractivity contribution in [3.8, 4) is 0 Å². The fraction of sp³-hybridized carbons (Fsp3) is 1.00. The zero-order chi connectivity index (χ0) is 11.5. The molecular weight excluding hydrogens is 196 g/mol. The first-order chi connectivity index (χ1) is 7.20. The predicted molar refractivity (Wildman–Crippen MR) is 59.9 cm³/mol. The maximum atomic E-state index is 9.38. The second-order valence-corrected chi connectivity index (χ2v) is 3.46. The van der Waals surface area contributed by atoms with Gasteiger partial charge in [-0.1, -0.05) is 13.8 Å². The summed E-state index contributed by atoms with van der Waals surface area (Å²) in [5.41, 5.74) is 0. The summed E-state index contributed by atoms with van der Waals surface area (Å²) in [6.45, 7) is 7.20. The molecule has 0 aromatic carbocycles. The van der Waals surface area contributed by atoms with E-state index in [0.717, 1.165) is 13.1 Å². The minimum absolute atomic E-state index is 0.260. The van der Waals surface area contributed by atoms with Gasteiger partial charge in [0.1, 0.15) is 0 Å². The lowest BCUT2D eigenvalue weighted by Gasteiger charge is -2.14. The van der Waals surface area contributed by atoms with Gasteiger partial charge >= 0.3 is 0 Å². The van der Waals surface area contributed by atoms with Crippen molar-refractivity contribution < 1.29 is 14.9 Å². The van der Waals surface area contributed by atoms with Crippen LogP contribution in [-0.4, -0.2) is 61.8 Å². The molecule has 0 amide bonds. The molecule has 0 aliphatic rings. The molecule has 0 spiro atoms. The Morgan fingerprint density at radius 1 is 0.933 bits per heavy atom. The monoisotopic (exact) mass is 220 g/mol. The molecule has 5 heteroatoms. The van der Waals surface area contributed by atoms with Gasteiger partial charge in [0, 0.05) is 13.1 Å². The number of nitrogens with one attached hydrogen (secondary N) is 2. The fourth-order valence-corrected chi connectivity index (χ4v) is 1.08. The zero-order valence-electron chi connectivity index (χ0n) is 9.70. The van der Waals surface area contributed by atoms with Crippen molar-refractivity contribution in [3.63, 3.8) is 0 Å². The van der Waals surface area contributed by atoms with E-state index < -0.39 is 12.2 Å². The van der Waals surface area contributed by atoms with Gasteiger partial charge in [-0.15, -0.1) is 0 Å². The van der Waals surface area contributed by atoms with E-state index in [-0.39, 0.29) is 13.2 Å². The van der Waals surface area contributed by atoms with Gasteiger partial charge in [0.15, 0.2) is 0 Å². The molecule has 0 unspecified atom stereocenters. The first kappa shape index (κ1) is 14.8. The third-order valence-corrected chi connectivity index (χ3v) is 1.88. The molecule has 0 aliphatic carbocycles. The van der Waals surface area contributed by atoms with Crippen LogP contribution in [0.25, 0.3) is 0 Å². The molecule has 0 aromatic heterocycles. The summed E-state index contributed by atoms with van der Waals surface area (Å²) >= 11 is 0. The number of ether oxygens (including phenoxy) is 1. The molecule has 0 fully saturated rings. The molecule has 15 heavy (non-hydrogen) atoms. The smallest absolute Gasteiger partial charge is 0.0897 e. The summed E-state index contributed by atoms with van der Waals surface area (Å²) in [5.74, 6) is 0. The van der Waals surface area contributed by atoms with Crippen LogP contribution < -0.4 is 10.6 Å². The lowest BCUT2D eigenvalue weighted by atomic mass is 10.3. The minimum atomic E-state index is -0.503. The number of hydrogen-bond donors (Lipinski definition) is 4. The predicted octanol–water partition coefficient (Wildman–Crippen LogP) is -1.06. The van der Waals surface area contributed by atoms with E-state index in [2.05, 4.69) is 10.6 Å². The van der Waals surface area contributed by atoms with E-state index in [1.165, 1.54) is 0 Å². The molecule has 2 atom stereocenters. The number of hydrogen-bond acceptors (Lipinski definition) is 5. The molecule has 0 aromatic rings.